The first-order chi connectivity index (χ1) is 8.99. The molecule has 0 amide bonds. The molecule has 0 atom stereocenters. The summed E-state index contributed by atoms with van der Waals surface area (Å²) in [5.41, 5.74) is 5.17. The van der Waals surface area contributed by atoms with Crippen molar-refractivity contribution in [3.63, 3.8) is 0 Å². The fraction of sp³-hybridized carbons (Fsp3) is 0. The Balaban J connectivity index is 2.40. The molecule has 0 radical (unpaired) electrons. The molecule has 5 nitrogen and oxygen atoms in total. The lowest BCUT2D eigenvalue weighted by Crippen LogP contribution is -1.98. The van der Waals surface area contributed by atoms with Crippen molar-refractivity contribution in [3.8, 4) is 11.5 Å². The zero-order chi connectivity index (χ0) is 14.0. The number of halogens is 2. The lowest BCUT2D eigenvalue weighted by molar-refractivity contribution is -0.384. The average Bonchev–Trinajstić information content (AvgIpc) is 2.33. The van der Waals surface area contributed by atoms with Gasteiger partial charge in [0.1, 0.15) is 17.3 Å². The predicted molar refractivity (Wildman–Crippen MR) is 71.7 cm³/mol. The van der Waals surface area contributed by atoms with Gasteiger partial charge in [0.15, 0.2) is 0 Å². The number of anilines is 1. The van der Waals surface area contributed by atoms with Gasteiger partial charge in [-0.3, -0.25) is 10.1 Å². The van der Waals surface area contributed by atoms with E-state index < -0.39 is 10.7 Å². The number of nitro groups is 1. The molecule has 2 aromatic carbocycles. The summed E-state index contributed by atoms with van der Waals surface area (Å²) in [4.78, 5) is 10.3. The molecule has 0 unspecified atom stereocenters. The van der Waals surface area contributed by atoms with E-state index in [9.17, 15) is 14.5 Å². The van der Waals surface area contributed by atoms with E-state index >= 15 is 0 Å². The molecule has 98 valence electrons. The molecule has 2 rings (SSSR count). The molecule has 0 heterocycles. The van der Waals surface area contributed by atoms with Gasteiger partial charge in [0, 0.05) is 6.07 Å². The van der Waals surface area contributed by atoms with Crippen molar-refractivity contribution in [1.29, 1.82) is 0 Å². The molecule has 0 fully saturated rings. The van der Waals surface area contributed by atoms with Crippen LogP contribution in [0, 0.1) is 15.9 Å². The van der Waals surface area contributed by atoms with Gasteiger partial charge in [0.25, 0.3) is 0 Å². The summed E-state index contributed by atoms with van der Waals surface area (Å²) >= 11 is 3.01. The Morgan fingerprint density at radius 2 is 2.05 bits per heavy atom. The first-order valence-corrected chi connectivity index (χ1v) is 5.94. The Hall–Kier alpha value is -2.15. The first kappa shape index (κ1) is 13.3. The van der Waals surface area contributed by atoms with Gasteiger partial charge in [0.05, 0.1) is 9.40 Å². The van der Waals surface area contributed by atoms with E-state index in [0.29, 0.717) is 0 Å². The fourth-order valence-electron chi connectivity index (χ4n) is 1.48. The standard InChI is InChI=1S/C12H8BrFN2O3/c13-8-5-4-7(6-9(8)14)19-11-3-1-2-10(15)12(11)16(17)18/h1-6H,15H2. The van der Waals surface area contributed by atoms with Crippen molar-refractivity contribution < 1.29 is 14.1 Å². The normalized spacial score (nSPS) is 10.2. The second-order valence-electron chi connectivity index (χ2n) is 3.63. The number of ether oxygens (including phenoxy) is 1. The van der Waals surface area contributed by atoms with Crippen LogP contribution in [0.25, 0.3) is 0 Å². The second kappa shape index (κ2) is 5.23. The third-order valence-corrected chi connectivity index (χ3v) is 2.97. The Morgan fingerprint density at radius 3 is 2.68 bits per heavy atom. The van der Waals surface area contributed by atoms with Crippen molar-refractivity contribution in [2.75, 3.05) is 5.73 Å². The van der Waals surface area contributed by atoms with Crippen molar-refractivity contribution in [2.24, 2.45) is 0 Å². The van der Waals surface area contributed by atoms with Crippen LogP contribution in [0.1, 0.15) is 0 Å². The van der Waals surface area contributed by atoms with E-state index in [0.717, 1.165) is 6.07 Å². The number of para-hydroxylation sites is 1. The number of hydrogen-bond acceptors (Lipinski definition) is 4. The van der Waals surface area contributed by atoms with E-state index in [-0.39, 0.29) is 27.3 Å². The molecule has 0 aromatic heterocycles. The molecule has 0 aliphatic carbocycles. The number of hydrogen-bond donors (Lipinski definition) is 1. The topological polar surface area (TPSA) is 78.4 Å². The summed E-state index contributed by atoms with van der Waals surface area (Å²) in [5, 5.41) is 10.9. The summed E-state index contributed by atoms with van der Waals surface area (Å²) in [6, 6.07) is 8.37. The number of rotatable bonds is 3. The predicted octanol–water partition coefficient (Wildman–Crippen LogP) is 3.87. The van der Waals surface area contributed by atoms with Gasteiger partial charge >= 0.3 is 5.69 Å². The van der Waals surface area contributed by atoms with E-state index in [1.807, 2.05) is 0 Å². The van der Waals surface area contributed by atoms with Gasteiger partial charge < -0.3 is 10.5 Å². The quantitative estimate of drug-likeness (QED) is 0.527. The number of nitro benzene ring substituents is 1. The largest absolute Gasteiger partial charge is 0.450 e. The van der Waals surface area contributed by atoms with Crippen LogP contribution in [0.2, 0.25) is 0 Å². The van der Waals surface area contributed by atoms with Crippen LogP contribution in [-0.2, 0) is 0 Å². The minimum Gasteiger partial charge on any atom is -0.450 e. The third kappa shape index (κ3) is 2.82. The van der Waals surface area contributed by atoms with E-state index in [4.69, 9.17) is 10.5 Å². The SMILES string of the molecule is Nc1cccc(Oc2ccc(Br)c(F)c2)c1[N+](=O)[O-]. The number of benzene rings is 2. The van der Waals surface area contributed by atoms with E-state index in [1.54, 1.807) is 0 Å². The third-order valence-electron chi connectivity index (χ3n) is 2.33. The van der Waals surface area contributed by atoms with E-state index in [1.165, 1.54) is 30.3 Å². The maximum atomic E-state index is 13.3. The maximum Gasteiger partial charge on any atom is 0.334 e. The van der Waals surface area contributed by atoms with Gasteiger partial charge in [-0.2, -0.15) is 0 Å². The molecular formula is C12H8BrFN2O3. The highest BCUT2D eigenvalue weighted by Crippen LogP contribution is 2.36. The van der Waals surface area contributed by atoms with Crippen LogP contribution in [-0.4, -0.2) is 4.92 Å². The molecule has 0 aliphatic heterocycles. The van der Waals surface area contributed by atoms with Crippen molar-refractivity contribution in [3.05, 3.63) is 56.8 Å². The molecular weight excluding hydrogens is 319 g/mol. The highest BCUT2D eigenvalue weighted by molar-refractivity contribution is 9.10. The molecule has 0 aliphatic rings. The lowest BCUT2D eigenvalue weighted by atomic mass is 10.2. The minimum atomic E-state index is -0.639. The maximum absolute atomic E-state index is 13.3. The van der Waals surface area contributed by atoms with Crippen LogP contribution in [0.4, 0.5) is 15.8 Å². The van der Waals surface area contributed by atoms with Crippen molar-refractivity contribution in [1.82, 2.24) is 0 Å². The molecule has 2 N–H and O–H groups in total. The molecule has 0 saturated carbocycles. The number of nitrogens with two attached hydrogens (primary N) is 1. The van der Waals surface area contributed by atoms with Gasteiger partial charge in [-0.1, -0.05) is 6.07 Å². The fourth-order valence-corrected chi connectivity index (χ4v) is 1.73. The van der Waals surface area contributed by atoms with Crippen LogP contribution in [0.3, 0.4) is 0 Å². The molecule has 0 spiro atoms. The smallest absolute Gasteiger partial charge is 0.334 e. The summed E-state index contributed by atoms with van der Waals surface area (Å²) in [7, 11) is 0. The van der Waals surface area contributed by atoms with Gasteiger partial charge in [-0.25, -0.2) is 4.39 Å². The van der Waals surface area contributed by atoms with Crippen molar-refractivity contribution in [2.45, 2.75) is 0 Å². The van der Waals surface area contributed by atoms with Crippen molar-refractivity contribution >= 4 is 27.3 Å². The lowest BCUT2D eigenvalue weighted by Gasteiger charge is -2.08. The Kier molecular flexibility index (Phi) is 3.66. The van der Waals surface area contributed by atoms with Crippen LogP contribution in [0.15, 0.2) is 40.9 Å². The Labute approximate surface area is 116 Å². The number of nitrogens with zero attached hydrogens (tertiary/aromatic N) is 1. The van der Waals surface area contributed by atoms with E-state index in [2.05, 4.69) is 15.9 Å². The molecule has 2 aromatic rings. The highest BCUT2D eigenvalue weighted by atomic mass is 79.9. The summed E-state index contributed by atoms with van der Waals surface area (Å²) in [5.74, 6) is -0.412. The molecule has 0 saturated heterocycles. The van der Waals surface area contributed by atoms with Gasteiger partial charge in [-0.05, 0) is 40.2 Å². The summed E-state index contributed by atoms with van der Waals surface area (Å²) in [6.07, 6.45) is 0. The molecule has 19 heavy (non-hydrogen) atoms. The minimum absolute atomic E-state index is 0.0138. The van der Waals surface area contributed by atoms with Gasteiger partial charge in [0.2, 0.25) is 5.75 Å². The number of nitrogen functional groups attached to an aromatic ring is 1. The molecule has 7 heteroatoms. The monoisotopic (exact) mass is 326 g/mol. The summed E-state index contributed by atoms with van der Waals surface area (Å²) < 4.78 is 18.9. The molecule has 0 bridgehead atoms. The zero-order valence-corrected chi connectivity index (χ0v) is 11.1. The van der Waals surface area contributed by atoms with Gasteiger partial charge in [-0.15, -0.1) is 0 Å². The average molecular weight is 327 g/mol. The van der Waals surface area contributed by atoms with Crippen LogP contribution < -0.4 is 10.5 Å². The second-order valence-corrected chi connectivity index (χ2v) is 4.48. The van der Waals surface area contributed by atoms with Crippen LogP contribution >= 0.6 is 15.9 Å². The Morgan fingerprint density at radius 1 is 1.32 bits per heavy atom. The zero-order valence-electron chi connectivity index (χ0n) is 9.47. The first-order valence-electron chi connectivity index (χ1n) is 5.15. The summed E-state index contributed by atoms with van der Waals surface area (Å²) in [6.45, 7) is 0. The highest BCUT2D eigenvalue weighted by Gasteiger charge is 2.19. The van der Waals surface area contributed by atoms with Crippen LogP contribution in [0.5, 0.6) is 11.5 Å². The Bertz CT molecular complexity index is 649.